The molecule has 3 heteroatoms. The van der Waals surface area contributed by atoms with Gasteiger partial charge in [0.05, 0.1) is 11.4 Å². The number of hydrogen-bond acceptors (Lipinski definition) is 2. The lowest BCUT2D eigenvalue weighted by atomic mass is 10.1. The molecular weight excluding hydrogens is 328 g/mol. The van der Waals surface area contributed by atoms with Gasteiger partial charge in [0.2, 0.25) is 0 Å². The summed E-state index contributed by atoms with van der Waals surface area (Å²) in [6.45, 7) is 0. The molecule has 0 bridgehead atoms. The molecule has 0 amide bonds. The maximum absolute atomic E-state index is 6.40. The van der Waals surface area contributed by atoms with Crippen molar-refractivity contribution in [3.63, 3.8) is 0 Å². The molecule has 0 fully saturated rings. The SMILES string of the molecule is Clc1ccccc1-c1cc(-c2ccccc2)nc(-c2ccccc2)n1. The number of nitrogens with zero attached hydrogens (tertiary/aromatic N) is 2. The van der Waals surface area contributed by atoms with Crippen LogP contribution in [0.3, 0.4) is 0 Å². The first-order valence-electron chi connectivity index (χ1n) is 8.06. The minimum absolute atomic E-state index is 0.680. The summed E-state index contributed by atoms with van der Waals surface area (Å²) in [6.07, 6.45) is 0. The zero-order valence-corrected chi connectivity index (χ0v) is 14.2. The average molecular weight is 343 g/mol. The largest absolute Gasteiger partial charge is 0.228 e. The Labute approximate surface area is 151 Å². The molecule has 0 aliphatic carbocycles. The molecule has 4 rings (SSSR count). The van der Waals surface area contributed by atoms with Crippen LogP contribution in [-0.4, -0.2) is 9.97 Å². The van der Waals surface area contributed by atoms with Gasteiger partial charge in [-0.05, 0) is 12.1 Å². The van der Waals surface area contributed by atoms with Gasteiger partial charge < -0.3 is 0 Å². The Kier molecular flexibility index (Phi) is 4.28. The van der Waals surface area contributed by atoms with Crippen LogP contribution in [0, 0.1) is 0 Å². The van der Waals surface area contributed by atoms with E-state index in [1.165, 1.54) is 0 Å². The summed E-state index contributed by atoms with van der Waals surface area (Å²) in [4.78, 5) is 9.54. The Morgan fingerprint density at radius 3 is 1.80 bits per heavy atom. The Hall–Kier alpha value is -2.97. The predicted octanol–water partition coefficient (Wildman–Crippen LogP) is 6.13. The molecule has 4 aromatic rings. The van der Waals surface area contributed by atoms with E-state index in [2.05, 4.69) is 0 Å². The third kappa shape index (κ3) is 3.30. The van der Waals surface area contributed by atoms with Gasteiger partial charge in [-0.3, -0.25) is 0 Å². The summed E-state index contributed by atoms with van der Waals surface area (Å²) in [5, 5.41) is 0.680. The van der Waals surface area contributed by atoms with Crippen LogP contribution in [0.4, 0.5) is 0 Å². The number of benzene rings is 3. The normalized spacial score (nSPS) is 10.6. The minimum Gasteiger partial charge on any atom is -0.228 e. The van der Waals surface area contributed by atoms with Gasteiger partial charge in [0.15, 0.2) is 5.82 Å². The van der Waals surface area contributed by atoms with Gasteiger partial charge in [0, 0.05) is 21.7 Å². The first-order valence-corrected chi connectivity index (χ1v) is 8.44. The first kappa shape index (κ1) is 15.6. The first-order chi connectivity index (χ1) is 12.3. The van der Waals surface area contributed by atoms with Crippen LogP contribution in [0.1, 0.15) is 0 Å². The van der Waals surface area contributed by atoms with Crippen molar-refractivity contribution < 1.29 is 0 Å². The number of hydrogen-bond donors (Lipinski definition) is 0. The van der Waals surface area contributed by atoms with Crippen molar-refractivity contribution in [1.29, 1.82) is 0 Å². The predicted molar refractivity (Wildman–Crippen MR) is 103 cm³/mol. The van der Waals surface area contributed by atoms with E-state index in [1.54, 1.807) is 0 Å². The average Bonchev–Trinajstić information content (AvgIpc) is 2.69. The van der Waals surface area contributed by atoms with E-state index in [0.717, 1.165) is 28.1 Å². The van der Waals surface area contributed by atoms with Crippen LogP contribution in [0.5, 0.6) is 0 Å². The summed E-state index contributed by atoms with van der Waals surface area (Å²) in [6, 6.07) is 29.8. The van der Waals surface area contributed by atoms with Crippen molar-refractivity contribution in [2.24, 2.45) is 0 Å². The highest BCUT2D eigenvalue weighted by atomic mass is 35.5. The van der Waals surface area contributed by atoms with E-state index in [4.69, 9.17) is 21.6 Å². The fourth-order valence-electron chi connectivity index (χ4n) is 2.73. The van der Waals surface area contributed by atoms with Crippen LogP contribution in [0.2, 0.25) is 5.02 Å². The fourth-order valence-corrected chi connectivity index (χ4v) is 2.96. The molecule has 1 heterocycles. The maximum atomic E-state index is 6.40. The Bertz CT molecular complexity index is 941. The van der Waals surface area contributed by atoms with Crippen molar-refractivity contribution in [2.45, 2.75) is 0 Å². The molecule has 0 saturated carbocycles. The molecule has 0 atom stereocenters. The molecule has 1 aromatic heterocycles. The second-order valence-corrected chi connectivity index (χ2v) is 6.08. The molecule has 3 aromatic carbocycles. The standard InChI is InChI=1S/C22H15ClN2/c23-19-14-8-7-13-18(19)21-15-20(16-9-3-1-4-10-16)24-22(25-21)17-11-5-2-6-12-17/h1-15H. The van der Waals surface area contributed by atoms with Gasteiger partial charge in [0.1, 0.15) is 0 Å². The van der Waals surface area contributed by atoms with Gasteiger partial charge in [-0.1, -0.05) is 90.5 Å². The van der Waals surface area contributed by atoms with E-state index >= 15 is 0 Å². The van der Waals surface area contributed by atoms with Gasteiger partial charge in [-0.2, -0.15) is 0 Å². The second kappa shape index (κ2) is 6.88. The van der Waals surface area contributed by atoms with Crippen molar-refractivity contribution in [1.82, 2.24) is 9.97 Å². The highest BCUT2D eigenvalue weighted by Gasteiger charge is 2.11. The van der Waals surface area contributed by atoms with Crippen molar-refractivity contribution >= 4 is 11.6 Å². The zero-order valence-electron chi connectivity index (χ0n) is 13.4. The molecule has 0 N–H and O–H groups in total. The van der Waals surface area contributed by atoms with E-state index < -0.39 is 0 Å². The lowest BCUT2D eigenvalue weighted by Gasteiger charge is -2.10. The highest BCUT2D eigenvalue weighted by molar-refractivity contribution is 6.33. The van der Waals surface area contributed by atoms with Gasteiger partial charge in [-0.15, -0.1) is 0 Å². The van der Waals surface area contributed by atoms with E-state index in [0.29, 0.717) is 10.8 Å². The van der Waals surface area contributed by atoms with E-state index in [9.17, 15) is 0 Å². The van der Waals surface area contributed by atoms with Crippen molar-refractivity contribution in [3.05, 3.63) is 96.0 Å². The summed E-state index contributed by atoms with van der Waals surface area (Å²) >= 11 is 6.40. The molecule has 0 aliphatic rings. The van der Waals surface area contributed by atoms with Crippen LogP contribution in [0.15, 0.2) is 91.0 Å². The number of rotatable bonds is 3. The molecule has 0 spiro atoms. The van der Waals surface area contributed by atoms with Gasteiger partial charge in [-0.25, -0.2) is 9.97 Å². The third-order valence-electron chi connectivity index (χ3n) is 3.98. The molecule has 2 nitrogen and oxygen atoms in total. The molecule has 25 heavy (non-hydrogen) atoms. The molecule has 0 saturated heterocycles. The zero-order chi connectivity index (χ0) is 17.1. The summed E-state index contributed by atoms with van der Waals surface area (Å²) in [5.74, 6) is 0.692. The second-order valence-electron chi connectivity index (χ2n) is 5.67. The quantitative estimate of drug-likeness (QED) is 0.447. The highest BCUT2D eigenvalue weighted by Crippen LogP contribution is 2.30. The van der Waals surface area contributed by atoms with E-state index in [1.807, 2.05) is 91.0 Å². The summed E-state index contributed by atoms with van der Waals surface area (Å²) in [5.41, 5.74) is 4.63. The lowest BCUT2D eigenvalue weighted by molar-refractivity contribution is 1.18. The van der Waals surface area contributed by atoms with Crippen LogP contribution in [-0.2, 0) is 0 Å². The number of aromatic nitrogens is 2. The lowest BCUT2D eigenvalue weighted by Crippen LogP contribution is -1.96. The summed E-state index contributed by atoms with van der Waals surface area (Å²) < 4.78 is 0. The smallest absolute Gasteiger partial charge is 0.160 e. The molecule has 0 unspecified atom stereocenters. The third-order valence-corrected chi connectivity index (χ3v) is 4.31. The fraction of sp³-hybridized carbons (Fsp3) is 0. The van der Waals surface area contributed by atoms with Crippen LogP contribution < -0.4 is 0 Å². The summed E-state index contributed by atoms with van der Waals surface area (Å²) in [7, 11) is 0. The van der Waals surface area contributed by atoms with Gasteiger partial charge >= 0.3 is 0 Å². The maximum Gasteiger partial charge on any atom is 0.160 e. The van der Waals surface area contributed by atoms with Crippen LogP contribution in [0.25, 0.3) is 33.9 Å². The van der Waals surface area contributed by atoms with Crippen molar-refractivity contribution in [2.75, 3.05) is 0 Å². The van der Waals surface area contributed by atoms with Crippen molar-refractivity contribution in [3.8, 4) is 33.9 Å². The molecular formula is C22H15ClN2. The Balaban J connectivity index is 1.94. The molecule has 120 valence electrons. The van der Waals surface area contributed by atoms with E-state index in [-0.39, 0.29) is 0 Å². The Morgan fingerprint density at radius 1 is 0.560 bits per heavy atom. The minimum atomic E-state index is 0.680. The monoisotopic (exact) mass is 342 g/mol. The molecule has 0 radical (unpaired) electrons. The Morgan fingerprint density at radius 2 is 1.12 bits per heavy atom. The topological polar surface area (TPSA) is 25.8 Å². The molecule has 0 aliphatic heterocycles. The van der Waals surface area contributed by atoms with Gasteiger partial charge in [0.25, 0.3) is 0 Å². The number of halogens is 1. The van der Waals surface area contributed by atoms with Crippen LogP contribution >= 0.6 is 11.6 Å².